The Labute approximate surface area is 165 Å². The van der Waals surface area contributed by atoms with Crippen LogP contribution in [0.2, 0.25) is 0 Å². The number of carbonyl (C=O) groups is 2. The number of hydrogen-bond donors (Lipinski definition) is 1. The molecule has 29 heavy (non-hydrogen) atoms. The first-order chi connectivity index (χ1) is 13.6. The van der Waals surface area contributed by atoms with Crippen molar-refractivity contribution in [3.63, 3.8) is 0 Å². The van der Waals surface area contributed by atoms with E-state index in [1.165, 1.54) is 17.0 Å². The minimum Gasteiger partial charge on any atom is -0.477 e. The highest BCUT2D eigenvalue weighted by Crippen LogP contribution is 2.33. The molecule has 0 aliphatic carbocycles. The summed E-state index contributed by atoms with van der Waals surface area (Å²) >= 11 is 0. The molecule has 0 radical (unpaired) electrons. The molecule has 1 unspecified atom stereocenters. The summed E-state index contributed by atoms with van der Waals surface area (Å²) in [7, 11) is 1.69. The van der Waals surface area contributed by atoms with Crippen molar-refractivity contribution in [1.29, 1.82) is 0 Å². The number of carbonyl (C=O) groups excluding carboxylic acids is 2. The molecule has 9 heteroatoms. The van der Waals surface area contributed by atoms with Crippen molar-refractivity contribution in [2.75, 3.05) is 25.0 Å². The summed E-state index contributed by atoms with van der Waals surface area (Å²) in [4.78, 5) is 27.5. The molecule has 2 aromatic rings. The second-order valence-corrected chi connectivity index (χ2v) is 6.85. The number of benzene rings is 2. The lowest BCUT2D eigenvalue weighted by molar-refractivity contribution is -0.137. The lowest BCUT2D eigenvalue weighted by Crippen LogP contribution is -2.51. The normalized spacial score (nSPS) is 16.3. The topological polar surface area (TPSA) is 75.9 Å². The number of halogens is 3. The standard InChI is InChI=1S/C20H20F3N3O3/c1-25(10-13-6-8-14(9-7-13)20(21,22)23)12-18(27)26-11-17(19(24)28)29-16-5-3-2-4-15(16)26/h2-9,17H,10-12H2,1H3,(H2,24,28). The van der Waals surface area contributed by atoms with Crippen LogP contribution in [0.15, 0.2) is 48.5 Å². The molecule has 0 saturated heterocycles. The lowest BCUT2D eigenvalue weighted by atomic mass is 10.1. The monoisotopic (exact) mass is 407 g/mol. The van der Waals surface area contributed by atoms with E-state index in [4.69, 9.17) is 10.5 Å². The zero-order chi connectivity index (χ0) is 21.2. The quantitative estimate of drug-likeness (QED) is 0.826. The Morgan fingerprint density at radius 3 is 2.45 bits per heavy atom. The van der Waals surface area contributed by atoms with Crippen molar-refractivity contribution in [2.45, 2.75) is 18.8 Å². The van der Waals surface area contributed by atoms with E-state index in [0.29, 0.717) is 17.0 Å². The number of likely N-dealkylation sites (N-methyl/N-ethyl adjacent to an activating group) is 1. The minimum atomic E-state index is -4.39. The van der Waals surface area contributed by atoms with Gasteiger partial charge in [0.2, 0.25) is 5.91 Å². The van der Waals surface area contributed by atoms with Crippen molar-refractivity contribution < 1.29 is 27.5 Å². The number of anilines is 1. The number of alkyl halides is 3. The van der Waals surface area contributed by atoms with E-state index in [0.717, 1.165) is 12.1 Å². The van der Waals surface area contributed by atoms with E-state index in [9.17, 15) is 22.8 Å². The zero-order valence-electron chi connectivity index (χ0n) is 15.6. The maximum Gasteiger partial charge on any atom is 0.416 e. The van der Waals surface area contributed by atoms with Gasteiger partial charge < -0.3 is 15.4 Å². The van der Waals surface area contributed by atoms with Gasteiger partial charge in [-0.15, -0.1) is 0 Å². The number of primary amides is 1. The van der Waals surface area contributed by atoms with Gasteiger partial charge >= 0.3 is 6.18 Å². The number of ether oxygens (including phenoxy) is 1. The van der Waals surface area contributed by atoms with Crippen LogP contribution in [0.3, 0.4) is 0 Å². The Morgan fingerprint density at radius 2 is 1.83 bits per heavy atom. The highest BCUT2D eigenvalue weighted by Gasteiger charge is 2.33. The van der Waals surface area contributed by atoms with Crippen LogP contribution >= 0.6 is 0 Å². The molecule has 0 spiro atoms. The number of rotatable bonds is 5. The average Bonchev–Trinajstić information content (AvgIpc) is 2.66. The molecular formula is C20H20F3N3O3. The van der Waals surface area contributed by atoms with Crippen LogP contribution in [0.4, 0.5) is 18.9 Å². The number of para-hydroxylation sites is 2. The second-order valence-electron chi connectivity index (χ2n) is 6.85. The van der Waals surface area contributed by atoms with E-state index in [-0.39, 0.29) is 25.5 Å². The SMILES string of the molecule is CN(CC(=O)N1CC(C(N)=O)Oc2ccccc21)Cc1ccc(C(F)(F)F)cc1. The average molecular weight is 407 g/mol. The van der Waals surface area contributed by atoms with Crippen LogP contribution in [0, 0.1) is 0 Å². The molecule has 1 aliphatic rings. The van der Waals surface area contributed by atoms with Crippen molar-refractivity contribution in [3.05, 3.63) is 59.7 Å². The molecular weight excluding hydrogens is 387 g/mol. The highest BCUT2D eigenvalue weighted by atomic mass is 19.4. The van der Waals surface area contributed by atoms with Crippen LogP contribution in [-0.4, -0.2) is 43.0 Å². The van der Waals surface area contributed by atoms with Crippen molar-refractivity contribution in [3.8, 4) is 5.75 Å². The molecule has 1 heterocycles. The van der Waals surface area contributed by atoms with Gasteiger partial charge in [0, 0.05) is 6.54 Å². The smallest absolute Gasteiger partial charge is 0.416 e. The Morgan fingerprint density at radius 1 is 1.17 bits per heavy atom. The summed E-state index contributed by atoms with van der Waals surface area (Å²) in [6.07, 6.45) is -5.34. The summed E-state index contributed by atoms with van der Waals surface area (Å²) < 4.78 is 43.5. The lowest BCUT2D eigenvalue weighted by Gasteiger charge is -2.34. The van der Waals surface area contributed by atoms with Crippen LogP contribution in [0.25, 0.3) is 0 Å². The fourth-order valence-electron chi connectivity index (χ4n) is 3.10. The Balaban J connectivity index is 1.68. The number of fused-ring (bicyclic) bond motifs is 1. The first-order valence-corrected chi connectivity index (χ1v) is 8.85. The molecule has 2 N–H and O–H groups in total. The van der Waals surface area contributed by atoms with E-state index in [2.05, 4.69) is 0 Å². The van der Waals surface area contributed by atoms with Gasteiger partial charge in [-0.1, -0.05) is 24.3 Å². The zero-order valence-corrected chi connectivity index (χ0v) is 15.6. The molecule has 2 amide bonds. The van der Waals surface area contributed by atoms with Crippen molar-refractivity contribution >= 4 is 17.5 Å². The first kappa shape index (κ1) is 20.7. The van der Waals surface area contributed by atoms with E-state index in [1.54, 1.807) is 36.2 Å². The van der Waals surface area contributed by atoms with Gasteiger partial charge in [-0.2, -0.15) is 13.2 Å². The minimum absolute atomic E-state index is 0.000695. The summed E-state index contributed by atoms with van der Waals surface area (Å²) in [5.41, 5.74) is 5.80. The molecule has 0 fully saturated rings. The van der Waals surface area contributed by atoms with Crippen LogP contribution in [-0.2, 0) is 22.3 Å². The largest absolute Gasteiger partial charge is 0.477 e. The van der Waals surface area contributed by atoms with E-state index in [1.807, 2.05) is 0 Å². The molecule has 1 aliphatic heterocycles. The number of amides is 2. The summed E-state index contributed by atoms with van der Waals surface area (Å²) in [5.74, 6) is -0.557. The Kier molecular flexibility index (Phi) is 5.78. The molecule has 1 atom stereocenters. The van der Waals surface area contributed by atoms with Crippen LogP contribution in [0.5, 0.6) is 5.75 Å². The van der Waals surface area contributed by atoms with Gasteiger partial charge in [0.25, 0.3) is 5.91 Å². The fraction of sp³-hybridized carbons (Fsp3) is 0.300. The van der Waals surface area contributed by atoms with Gasteiger partial charge in [-0.05, 0) is 36.9 Å². The third-order valence-corrected chi connectivity index (χ3v) is 4.53. The molecule has 0 saturated carbocycles. The predicted molar refractivity (Wildman–Crippen MR) is 100 cm³/mol. The van der Waals surface area contributed by atoms with Gasteiger partial charge in [0.1, 0.15) is 5.75 Å². The number of hydrogen-bond acceptors (Lipinski definition) is 4. The summed E-state index contributed by atoms with van der Waals surface area (Å²) in [5, 5.41) is 0. The van der Waals surface area contributed by atoms with Crippen LogP contribution in [0.1, 0.15) is 11.1 Å². The molecule has 154 valence electrons. The summed E-state index contributed by atoms with van der Waals surface area (Å²) in [6, 6.07) is 11.6. The van der Waals surface area contributed by atoms with Crippen molar-refractivity contribution in [1.82, 2.24) is 4.90 Å². The van der Waals surface area contributed by atoms with Gasteiger partial charge in [-0.25, -0.2) is 0 Å². The summed E-state index contributed by atoms with van der Waals surface area (Å²) in [6.45, 7) is 0.287. The maximum atomic E-state index is 12.8. The third-order valence-electron chi connectivity index (χ3n) is 4.53. The van der Waals surface area contributed by atoms with Gasteiger partial charge in [0.15, 0.2) is 6.10 Å². The molecule has 2 aromatic carbocycles. The number of nitrogens with two attached hydrogens (primary N) is 1. The molecule has 6 nitrogen and oxygen atoms in total. The highest BCUT2D eigenvalue weighted by molar-refractivity contribution is 5.98. The van der Waals surface area contributed by atoms with Crippen molar-refractivity contribution in [2.24, 2.45) is 5.73 Å². The molecule has 0 aromatic heterocycles. The van der Waals surface area contributed by atoms with Gasteiger partial charge in [-0.3, -0.25) is 14.5 Å². The molecule has 3 rings (SSSR count). The second kappa shape index (κ2) is 8.12. The van der Waals surface area contributed by atoms with E-state index < -0.39 is 23.8 Å². The third kappa shape index (κ3) is 4.86. The Bertz CT molecular complexity index is 900. The van der Waals surface area contributed by atoms with E-state index >= 15 is 0 Å². The Hall–Kier alpha value is -3.07. The molecule has 0 bridgehead atoms. The predicted octanol–water partition coefficient (Wildman–Crippen LogP) is 2.42. The maximum absolute atomic E-state index is 12.8. The number of nitrogens with zero attached hydrogens (tertiary/aromatic N) is 2. The van der Waals surface area contributed by atoms with Gasteiger partial charge in [0.05, 0.1) is 24.3 Å². The van der Waals surface area contributed by atoms with Crippen LogP contribution < -0.4 is 15.4 Å². The first-order valence-electron chi connectivity index (χ1n) is 8.85. The fourth-order valence-corrected chi connectivity index (χ4v) is 3.10.